The zero-order chi connectivity index (χ0) is 19.2. The first kappa shape index (κ1) is 22.5. The molecule has 27 heavy (non-hydrogen) atoms. The molecule has 0 aliphatic heterocycles. The van der Waals surface area contributed by atoms with Crippen molar-refractivity contribution >= 4 is 62.9 Å². The molecule has 1 aliphatic rings. The Labute approximate surface area is 185 Å². The van der Waals surface area contributed by atoms with E-state index in [1.165, 1.54) is 0 Å². The third-order valence-corrected chi connectivity index (χ3v) is 5.72. The second-order valence-electron chi connectivity index (χ2n) is 5.54. The monoisotopic (exact) mass is 443 g/mol. The fourth-order valence-electron chi connectivity index (χ4n) is 2.65. The van der Waals surface area contributed by atoms with Crippen LogP contribution in [0.15, 0.2) is 24.8 Å². The molecule has 3 unspecified atom stereocenters. The minimum absolute atomic E-state index is 0. The second kappa shape index (κ2) is 7.89. The fraction of sp³-hybridized carbons (Fsp3) is 0.333. The Morgan fingerprint density at radius 1 is 1.07 bits per heavy atom. The zero-order valence-corrected chi connectivity index (χ0v) is 15.1. The van der Waals surface area contributed by atoms with Crippen LogP contribution >= 0.6 is 23.2 Å². The van der Waals surface area contributed by atoms with Crippen LogP contribution in [0.1, 0.15) is 18.1 Å². The Hall–Kier alpha value is -0.830. The molecule has 0 bridgehead atoms. The summed E-state index contributed by atoms with van der Waals surface area (Å²) in [6, 6.07) is 0. The van der Waals surface area contributed by atoms with Gasteiger partial charge in [0.2, 0.25) is 10.6 Å². The van der Waals surface area contributed by atoms with E-state index in [1.807, 2.05) is 0 Å². The van der Waals surface area contributed by atoms with Gasteiger partial charge in [0.1, 0.15) is 18.2 Å². The van der Waals surface area contributed by atoms with Crippen molar-refractivity contribution in [3.8, 4) is 0 Å². The summed E-state index contributed by atoms with van der Waals surface area (Å²) in [6.07, 6.45) is 2.15. The van der Waals surface area contributed by atoms with E-state index in [2.05, 4.69) is 29.9 Å². The molecule has 140 valence electrons. The van der Waals surface area contributed by atoms with Gasteiger partial charge in [0.15, 0.2) is 16.4 Å². The molecule has 0 fully saturated rings. The van der Waals surface area contributed by atoms with Crippen molar-refractivity contribution in [3.63, 3.8) is 0 Å². The van der Waals surface area contributed by atoms with Crippen LogP contribution in [-0.4, -0.2) is 83.6 Å². The first-order valence-corrected chi connectivity index (χ1v) is 9.11. The molecule has 2 aromatic rings. The zero-order valence-electron chi connectivity index (χ0n) is 12.7. The van der Waals surface area contributed by atoms with E-state index in [9.17, 15) is 18.1 Å². The van der Waals surface area contributed by atoms with Crippen molar-refractivity contribution in [3.05, 3.63) is 47.0 Å². The molecular weight excluding hydrogens is 432 g/mol. The van der Waals surface area contributed by atoms with Gasteiger partial charge in [0.25, 0.3) is 10.1 Å². The van der Waals surface area contributed by atoms with Crippen LogP contribution in [0.2, 0.25) is 10.6 Å². The summed E-state index contributed by atoms with van der Waals surface area (Å²) in [5.74, 6) is -0.555. The first-order chi connectivity index (χ1) is 12.1. The molecule has 3 rings (SSSR count). The van der Waals surface area contributed by atoms with Crippen molar-refractivity contribution in [2.45, 2.75) is 22.8 Å². The van der Waals surface area contributed by atoms with Crippen LogP contribution in [-0.2, 0) is 20.4 Å². The quantitative estimate of drug-likeness (QED) is 0.300. The number of nitrogens with zero attached hydrogens (tertiary/aromatic N) is 6. The van der Waals surface area contributed by atoms with Gasteiger partial charge in [0, 0.05) is 6.42 Å². The summed E-state index contributed by atoms with van der Waals surface area (Å²) >= 11 is 11.5. The molecule has 4 N–H and O–H groups in total. The minimum atomic E-state index is -4.86. The van der Waals surface area contributed by atoms with E-state index >= 15 is 0 Å². The number of rotatable bonds is 3. The van der Waals surface area contributed by atoms with Gasteiger partial charge in [-0.1, -0.05) is 12.2 Å². The predicted molar refractivity (Wildman–Crippen MR) is 95.7 cm³/mol. The Morgan fingerprint density at radius 2 is 1.59 bits per heavy atom. The molecule has 0 radical (unpaired) electrons. The third kappa shape index (κ3) is 3.99. The number of halogens is 2. The average Bonchev–Trinajstić information content (AvgIpc) is 2.56. The molecule has 0 aromatic carbocycles. The summed E-state index contributed by atoms with van der Waals surface area (Å²) in [5, 5.41) is 9.87. The second-order valence-corrected chi connectivity index (χ2v) is 7.90. The third-order valence-electron chi connectivity index (χ3n) is 3.97. The van der Waals surface area contributed by atoms with Crippen molar-refractivity contribution in [2.24, 2.45) is 5.73 Å². The average molecular weight is 444 g/mol. The van der Waals surface area contributed by atoms with Crippen LogP contribution in [0.25, 0.3) is 0 Å². The van der Waals surface area contributed by atoms with E-state index in [1.54, 1.807) is 0 Å². The van der Waals surface area contributed by atoms with Gasteiger partial charge >= 0.3 is 29.6 Å². The van der Waals surface area contributed by atoms with Gasteiger partial charge < -0.3 is 10.8 Å². The van der Waals surface area contributed by atoms with Crippen LogP contribution < -0.4 is 5.73 Å². The fourth-order valence-corrected chi connectivity index (χ4v) is 3.90. The van der Waals surface area contributed by atoms with Gasteiger partial charge in [-0.2, -0.15) is 8.42 Å². The molecule has 2 aromatic heterocycles. The van der Waals surface area contributed by atoms with E-state index in [4.69, 9.17) is 28.9 Å². The molecule has 1 aliphatic carbocycles. The van der Waals surface area contributed by atoms with E-state index in [-0.39, 0.29) is 51.8 Å². The van der Waals surface area contributed by atoms with Gasteiger partial charge in [-0.15, -0.1) is 0 Å². The van der Waals surface area contributed by atoms with Gasteiger partial charge in [-0.05, 0) is 23.2 Å². The topological polar surface area (TPSA) is 178 Å². The number of aliphatic hydroxyl groups is 1. The summed E-state index contributed by atoms with van der Waals surface area (Å²) in [5.41, 5.74) is 4.40. The molecule has 11 nitrogen and oxygen atoms in total. The van der Waals surface area contributed by atoms with E-state index in [0.717, 1.165) is 24.8 Å². The molecule has 0 saturated heterocycles. The normalized spacial score (nSPS) is 27.8. The molecule has 0 amide bonds. The molecule has 3 atom stereocenters. The van der Waals surface area contributed by atoms with Crippen molar-refractivity contribution in [2.75, 3.05) is 0 Å². The van der Waals surface area contributed by atoms with Crippen LogP contribution in [0, 0.1) is 0 Å². The van der Waals surface area contributed by atoms with Crippen molar-refractivity contribution < 1.29 is 18.1 Å². The summed E-state index contributed by atoms with van der Waals surface area (Å²) in [7, 11) is -4.86. The molecule has 15 heteroatoms. The van der Waals surface area contributed by atoms with Crippen molar-refractivity contribution in [1.29, 1.82) is 0 Å². The maximum atomic E-state index is 12.3. The van der Waals surface area contributed by atoms with Gasteiger partial charge in [-0.25, -0.2) is 29.9 Å². The number of nitrogens with two attached hydrogens (primary N) is 1. The summed E-state index contributed by atoms with van der Waals surface area (Å²) in [4.78, 5) is 22.5. The SMILES string of the molecule is NC1(c2ncnc(Cl)n2)CC(c2ncnc(Cl)n2)(S(=O)(=O)O)C=CC1O.[NaH]. The number of hydrogen-bond donors (Lipinski definition) is 3. The van der Waals surface area contributed by atoms with E-state index < -0.39 is 32.9 Å². The molecule has 0 saturated carbocycles. The van der Waals surface area contributed by atoms with E-state index in [0.29, 0.717) is 0 Å². The van der Waals surface area contributed by atoms with Crippen molar-refractivity contribution in [1.82, 2.24) is 29.9 Å². The Kier molecular flexibility index (Phi) is 6.56. The predicted octanol–water partition coefficient (Wildman–Crippen LogP) is -1.03. The van der Waals surface area contributed by atoms with Crippen LogP contribution in [0.4, 0.5) is 0 Å². The number of aliphatic hydroxyl groups excluding tert-OH is 1. The number of aromatic nitrogens is 6. The van der Waals surface area contributed by atoms with Gasteiger partial charge in [-0.3, -0.25) is 4.55 Å². The number of hydrogen-bond acceptors (Lipinski definition) is 10. The Balaban J connectivity index is 0.00000261. The van der Waals surface area contributed by atoms with Crippen LogP contribution in [0.3, 0.4) is 0 Å². The molecule has 0 spiro atoms. The summed E-state index contributed by atoms with van der Waals surface area (Å²) < 4.78 is 32.2. The summed E-state index contributed by atoms with van der Waals surface area (Å²) in [6.45, 7) is 0. The van der Waals surface area contributed by atoms with Crippen LogP contribution in [0.5, 0.6) is 0 Å². The Morgan fingerprint density at radius 3 is 2.11 bits per heavy atom. The Bertz CT molecular complexity index is 997. The molecular formula is C12H12Cl2N7NaO4S. The standard InChI is InChI=1S/C12H11Cl2N7O4S.Na.H/c13-9-18-4-16-7(20-9)11(26(23,24)25)2-1-6(22)12(15,3-11)8-17-5-19-10(14)21-8;;/h1-2,4-6,22H,3,15H2,(H,23,24,25);;. The van der Waals surface area contributed by atoms with Gasteiger partial charge in [0.05, 0.1) is 6.10 Å². The first-order valence-electron chi connectivity index (χ1n) is 6.92. The molecule has 2 heterocycles. The maximum absolute atomic E-state index is 12.3.